The molecule has 0 bridgehead atoms. The van der Waals surface area contributed by atoms with Crippen LogP contribution in [0.25, 0.3) is 0 Å². The normalized spacial score (nSPS) is 19.4. The van der Waals surface area contributed by atoms with Crippen molar-refractivity contribution in [3.8, 4) is 0 Å². The van der Waals surface area contributed by atoms with Crippen molar-refractivity contribution in [1.29, 1.82) is 0 Å². The molecule has 1 atom stereocenters. The van der Waals surface area contributed by atoms with Crippen LogP contribution in [-0.4, -0.2) is 48.7 Å². The molecule has 1 fully saturated rings. The Bertz CT molecular complexity index is 425. The van der Waals surface area contributed by atoms with E-state index >= 15 is 0 Å². The average molecular weight is 291 g/mol. The molecule has 0 spiro atoms. The predicted molar refractivity (Wildman–Crippen MR) is 70.7 cm³/mol. The van der Waals surface area contributed by atoms with Gasteiger partial charge in [-0.1, -0.05) is 23.7 Å². The van der Waals surface area contributed by atoms with E-state index in [0.29, 0.717) is 36.8 Å². The van der Waals surface area contributed by atoms with Gasteiger partial charge < -0.3 is 10.4 Å². The van der Waals surface area contributed by atoms with Gasteiger partial charge in [0, 0.05) is 31.2 Å². The Kier molecular flexibility index (Phi) is 4.73. The van der Waals surface area contributed by atoms with E-state index < -0.39 is 18.6 Å². The van der Waals surface area contributed by atoms with Gasteiger partial charge in [0.15, 0.2) is 0 Å². The zero-order chi connectivity index (χ0) is 13.9. The molecule has 1 aromatic rings. The maximum absolute atomic E-state index is 14.1. The molecule has 6 heteroatoms. The summed E-state index contributed by atoms with van der Waals surface area (Å²) in [6.45, 7) is 1.20. The fourth-order valence-electron chi connectivity index (χ4n) is 2.43. The molecular weight excluding hydrogens is 274 g/mol. The van der Waals surface area contributed by atoms with Gasteiger partial charge in [-0.25, -0.2) is 8.78 Å². The Morgan fingerprint density at radius 1 is 1.37 bits per heavy atom. The van der Waals surface area contributed by atoms with Crippen LogP contribution in [0.15, 0.2) is 24.3 Å². The fourth-order valence-corrected chi connectivity index (χ4v) is 2.62. The molecule has 1 saturated heterocycles. The third-order valence-electron chi connectivity index (χ3n) is 3.29. The number of piperazine rings is 1. The van der Waals surface area contributed by atoms with Crippen LogP contribution in [0.5, 0.6) is 0 Å². The smallest absolute Gasteiger partial charge is 0.289 e. The van der Waals surface area contributed by atoms with E-state index in [1.165, 1.54) is 6.07 Å². The van der Waals surface area contributed by atoms with Crippen LogP contribution in [0.1, 0.15) is 11.6 Å². The minimum Gasteiger partial charge on any atom is -0.390 e. The van der Waals surface area contributed by atoms with Crippen molar-refractivity contribution in [3.63, 3.8) is 0 Å². The van der Waals surface area contributed by atoms with Gasteiger partial charge in [-0.3, -0.25) is 4.90 Å². The molecule has 0 saturated carbocycles. The highest BCUT2D eigenvalue weighted by molar-refractivity contribution is 6.30. The van der Waals surface area contributed by atoms with Crippen LogP contribution in [0.4, 0.5) is 8.78 Å². The number of hydrogen-bond acceptors (Lipinski definition) is 3. The number of nitrogens with one attached hydrogen (secondary N) is 1. The summed E-state index contributed by atoms with van der Waals surface area (Å²) < 4.78 is 28.1. The summed E-state index contributed by atoms with van der Waals surface area (Å²) in [7, 11) is 0. The minimum atomic E-state index is -3.19. The molecule has 106 valence electrons. The summed E-state index contributed by atoms with van der Waals surface area (Å²) in [6, 6.07) is 5.33. The lowest BCUT2D eigenvalue weighted by atomic mass is 9.98. The summed E-state index contributed by atoms with van der Waals surface area (Å²) in [5.41, 5.74) is 0.438. The first-order valence-corrected chi connectivity index (χ1v) is 6.61. The third-order valence-corrected chi connectivity index (χ3v) is 3.53. The molecule has 0 aromatic heterocycles. The molecule has 2 N–H and O–H groups in total. The SMILES string of the molecule is OCC(F)(F)[C@H](c1cccc(Cl)c1)N1CCNCC1. The number of hydrogen-bond donors (Lipinski definition) is 2. The molecule has 3 nitrogen and oxygen atoms in total. The summed E-state index contributed by atoms with van der Waals surface area (Å²) in [4.78, 5) is 1.69. The van der Waals surface area contributed by atoms with Crippen LogP contribution in [-0.2, 0) is 0 Å². The van der Waals surface area contributed by atoms with E-state index in [0.717, 1.165) is 0 Å². The Hall–Kier alpha value is -0.750. The van der Waals surface area contributed by atoms with Crippen molar-refractivity contribution in [2.75, 3.05) is 32.8 Å². The molecule has 1 aromatic carbocycles. The molecule has 19 heavy (non-hydrogen) atoms. The molecule has 2 rings (SSSR count). The first-order valence-electron chi connectivity index (χ1n) is 6.23. The maximum atomic E-state index is 14.1. The van der Waals surface area contributed by atoms with E-state index in [2.05, 4.69) is 5.32 Å². The van der Waals surface area contributed by atoms with Crippen molar-refractivity contribution in [1.82, 2.24) is 10.2 Å². The van der Waals surface area contributed by atoms with Crippen molar-refractivity contribution in [3.05, 3.63) is 34.9 Å². The minimum absolute atomic E-state index is 0.423. The number of nitrogens with zero attached hydrogens (tertiary/aromatic N) is 1. The van der Waals surface area contributed by atoms with Crippen molar-refractivity contribution >= 4 is 11.6 Å². The highest BCUT2D eigenvalue weighted by atomic mass is 35.5. The van der Waals surface area contributed by atoms with Gasteiger partial charge in [0.05, 0.1) is 0 Å². The van der Waals surface area contributed by atoms with Gasteiger partial charge >= 0.3 is 0 Å². The van der Waals surface area contributed by atoms with Crippen molar-refractivity contribution < 1.29 is 13.9 Å². The van der Waals surface area contributed by atoms with Gasteiger partial charge in [0.1, 0.15) is 12.6 Å². The van der Waals surface area contributed by atoms with Gasteiger partial charge in [-0.15, -0.1) is 0 Å². The van der Waals surface area contributed by atoms with Crippen LogP contribution >= 0.6 is 11.6 Å². The topological polar surface area (TPSA) is 35.5 Å². The van der Waals surface area contributed by atoms with Crippen LogP contribution in [0, 0.1) is 0 Å². The number of halogens is 3. The number of alkyl halides is 2. The highest BCUT2D eigenvalue weighted by Gasteiger charge is 2.43. The largest absolute Gasteiger partial charge is 0.390 e. The van der Waals surface area contributed by atoms with Crippen molar-refractivity contribution in [2.45, 2.75) is 12.0 Å². The molecular formula is C13H17ClF2N2O. The second-order valence-electron chi connectivity index (χ2n) is 4.66. The summed E-state index contributed by atoms with van der Waals surface area (Å²) in [5, 5.41) is 12.5. The zero-order valence-corrected chi connectivity index (χ0v) is 11.2. The summed E-state index contributed by atoms with van der Waals surface area (Å²) in [6.07, 6.45) is 0. The fraction of sp³-hybridized carbons (Fsp3) is 0.538. The summed E-state index contributed by atoms with van der Waals surface area (Å²) in [5.74, 6) is -3.19. The lowest BCUT2D eigenvalue weighted by molar-refractivity contribution is -0.118. The zero-order valence-electron chi connectivity index (χ0n) is 10.5. The lowest BCUT2D eigenvalue weighted by Crippen LogP contribution is -2.51. The highest BCUT2D eigenvalue weighted by Crippen LogP contribution is 2.37. The third kappa shape index (κ3) is 3.42. The van der Waals surface area contributed by atoms with E-state index in [1.807, 2.05) is 0 Å². The Morgan fingerprint density at radius 2 is 2.05 bits per heavy atom. The number of aliphatic hydroxyl groups excluding tert-OH is 1. The Labute approximate surface area is 116 Å². The molecule has 1 aliphatic heterocycles. The van der Waals surface area contributed by atoms with E-state index in [1.54, 1.807) is 23.1 Å². The second-order valence-corrected chi connectivity index (χ2v) is 5.10. The van der Waals surface area contributed by atoms with Crippen LogP contribution < -0.4 is 5.32 Å². The average Bonchev–Trinajstić information content (AvgIpc) is 2.40. The summed E-state index contributed by atoms with van der Waals surface area (Å²) >= 11 is 5.88. The number of rotatable bonds is 4. The first-order chi connectivity index (χ1) is 9.04. The van der Waals surface area contributed by atoms with E-state index in [9.17, 15) is 8.78 Å². The molecule has 1 heterocycles. The number of benzene rings is 1. The van der Waals surface area contributed by atoms with Gasteiger partial charge in [0.25, 0.3) is 5.92 Å². The Morgan fingerprint density at radius 3 is 2.63 bits per heavy atom. The second kappa shape index (κ2) is 6.13. The van der Waals surface area contributed by atoms with Crippen LogP contribution in [0.2, 0.25) is 5.02 Å². The molecule has 0 radical (unpaired) electrons. The monoisotopic (exact) mass is 290 g/mol. The van der Waals surface area contributed by atoms with E-state index in [-0.39, 0.29) is 0 Å². The molecule has 0 amide bonds. The maximum Gasteiger partial charge on any atom is 0.289 e. The predicted octanol–water partition coefficient (Wildman–Crippen LogP) is 1.91. The molecule has 0 aliphatic carbocycles. The van der Waals surface area contributed by atoms with Gasteiger partial charge in [-0.2, -0.15) is 0 Å². The molecule has 1 aliphatic rings. The van der Waals surface area contributed by atoms with Gasteiger partial charge in [-0.05, 0) is 17.7 Å². The quantitative estimate of drug-likeness (QED) is 0.889. The number of aliphatic hydroxyl groups is 1. The first kappa shape index (κ1) is 14.7. The van der Waals surface area contributed by atoms with E-state index in [4.69, 9.17) is 16.7 Å². The van der Waals surface area contributed by atoms with Gasteiger partial charge in [0.2, 0.25) is 0 Å². The Balaban J connectivity index is 2.33. The standard InChI is InChI=1S/C13H17ClF2N2O/c14-11-3-1-2-10(8-11)12(13(15,16)9-19)18-6-4-17-5-7-18/h1-3,8,12,17,19H,4-7,9H2/t12-/m0/s1. The lowest BCUT2D eigenvalue weighted by Gasteiger charge is -2.38. The van der Waals surface area contributed by atoms with Crippen molar-refractivity contribution in [2.24, 2.45) is 0 Å². The van der Waals surface area contributed by atoms with Crippen LogP contribution in [0.3, 0.4) is 0 Å². The molecule has 0 unspecified atom stereocenters.